The highest BCUT2D eigenvalue weighted by molar-refractivity contribution is 7.86. The van der Waals surface area contributed by atoms with Gasteiger partial charge in [0.05, 0.1) is 28.0 Å². The number of hydrogen-bond acceptors (Lipinski definition) is 5. The maximum atomic E-state index is 12.9. The fourth-order valence-corrected chi connectivity index (χ4v) is 3.58. The van der Waals surface area contributed by atoms with Gasteiger partial charge in [-0.1, -0.05) is 11.6 Å². The van der Waals surface area contributed by atoms with Crippen molar-refractivity contribution in [1.29, 1.82) is 0 Å². The lowest BCUT2D eigenvalue weighted by Crippen LogP contribution is -2.27. The van der Waals surface area contributed by atoms with Crippen molar-refractivity contribution in [2.24, 2.45) is 5.41 Å². The quantitative estimate of drug-likeness (QED) is 0.388. The molecule has 8 nitrogen and oxygen atoms in total. The minimum absolute atomic E-state index is 0.0584. The molecule has 0 saturated heterocycles. The van der Waals surface area contributed by atoms with Crippen LogP contribution in [-0.2, 0) is 20.6 Å². The number of halogens is 1. The van der Waals surface area contributed by atoms with Gasteiger partial charge in [-0.3, -0.25) is 14.4 Å². The molecule has 32 heavy (non-hydrogen) atoms. The SMILES string of the molecule is Cc1cc(S(=O)Nc2ccc(Cl)cc2C(=O)NCCC(=O)O)ccc1OC(=O)C(C)(C)C. The topological polar surface area (TPSA) is 122 Å². The maximum absolute atomic E-state index is 12.9. The molecule has 0 aromatic heterocycles. The normalized spacial score (nSPS) is 12.0. The molecule has 2 aromatic carbocycles. The molecular formula is C22H25ClN2O6S. The number of carbonyl (C=O) groups excluding carboxylic acids is 2. The average molecular weight is 481 g/mol. The summed E-state index contributed by atoms with van der Waals surface area (Å²) in [7, 11) is -1.74. The number of esters is 1. The molecule has 0 aliphatic heterocycles. The Morgan fingerprint density at radius 1 is 1.12 bits per heavy atom. The summed E-state index contributed by atoms with van der Waals surface area (Å²) in [5, 5.41) is 11.5. The molecular weight excluding hydrogens is 456 g/mol. The lowest BCUT2D eigenvalue weighted by Gasteiger charge is -2.18. The Labute approximate surface area is 193 Å². The van der Waals surface area contributed by atoms with Gasteiger partial charge >= 0.3 is 11.9 Å². The second kappa shape index (κ2) is 10.6. The van der Waals surface area contributed by atoms with Crippen LogP contribution in [0.5, 0.6) is 5.75 Å². The molecule has 0 fully saturated rings. The number of carboxylic acids is 1. The van der Waals surface area contributed by atoms with E-state index in [1.54, 1.807) is 45.9 Å². The first-order valence-electron chi connectivity index (χ1n) is 9.69. The van der Waals surface area contributed by atoms with Gasteiger partial charge in [-0.15, -0.1) is 0 Å². The third kappa shape index (κ3) is 7.06. The first kappa shape index (κ1) is 25.4. The van der Waals surface area contributed by atoms with Gasteiger partial charge in [-0.25, -0.2) is 4.21 Å². The number of carbonyl (C=O) groups is 3. The molecule has 2 rings (SSSR count). The molecule has 0 aliphatic carbocycles. The van der Waals surface area contributed by atoms with Crippen molar-refractivity contribution < 1.29 is 28.4 Å². The summed E-state index contributed by atoms with van der Waals surface area (Å²) in [6.07, 6.45) is -0.230. The second-order valence-corrected chi connectivity index (χ2v) is 9.68. The molecule has 3 N–H and O–H groups in total. The van der Waals surface area contributed by atoms with Gasteiger partial charge in [0.15, 0.2) is 0 Å². The third-order valence-corrected chi connectivity index (χ3v) is 5.55. The van der Waals surface area contributed by atoms with Gasteiger partial charge < -0.3 is 19.9 Å². The van der Waals surface area contributed by atoms with E-state index in [9.17, 15) is 18.6 Å². The molecule has 172 valence electrons. The number of nitrogens with one attached hydrogen (secondary N) is 2. The van der Waals surface area contributed by atoms with Gasteiger partial charge in [0.1, 0.15) is 16.7 Å². The summed E-state index contributed by atoms with van der Waals surface area (Å²) >= 11 is 5.99. The summed E-state index contributed by atoms with van der Waals surface area (Å²) in [5.41, 5.74) is 0.356. The fourth-order valence-electron chi connectivity index (χ4n) is 2.44. The smallest absolute Gasteiger partial charge is 0.316 e. The summed E-state index contributed by atoms with van der Waals surface area (Å²) in [6, 6.07) is 9.20. The van der Waals surface area contributed by atoms with E-state index in [1.165, 1.54) is 18.2 Å². The molecule has 0 bridgehead atoms. The summed E-state index contributed by atoms with van der Waals surface area (Å²) < 4.78 is 21.1. The van der Waals surface area contributed by atoms with Crippen LogP contribution < -0.4 is 14.8 Å². The summed E-state index contributed by atoms with van der Waals surface area (Å²) in [4.78, 5) is 35.6. The van der Waals surface area contributed by atoms with E-state index < -0.39 is 28.3 Å². The minimum Gasteiger partial charge on any atom is -0.481 e. The van der Waals surface area contributed by atoms with Crippen molar-refractivity contribution in [3.8, 4) is 5.75 Å². The number of benzene rings is 2. The predicted octanol–water partition coefficient (Wildman–Crippen LogP) is 3.94. The third-order valence-electron chi connectivity index (χ3n) is 4.23. The highest BCUT2D eigenvalue weighted by Gasteiger charge is 2.24. The van der Waals surface area contributed by atoms with Gasteiger partial charge in [-0.05, 0) is 69.7 Å². The lowest BCUT2D eigenvalue weighted by molar-refractivity contribution is -0.143. The highest BCUT2D eigenvalue weighted by atomic mass is 35.5. The number of carboxylic acid groups (broad SMARTS) is 1. The van der Waals surface area contributed by atoms with Crippen molar-refractivity contribution >= 4 is 46.1 Å². The van der Waals surface area contributed by atoms with Crippen LogP contribution >= 0.6 is 11.6 Å². The van der Waals surface area contributed by atoms with Gasteiger partial charge in [0, 0.05) is 11.6 Å². The Kier molecular flexibility index (Phi) is 8.40. The number of aliphatic carboxylic acids is 1. The number of ether oxygens (including phenoxy) is 1. The first-order chi connectivity index (χ1) is 14.9. The Hall–Kier alpha value is -2.91. The molecule has 2 aromatic rings. The van der Waals surface area contributed by atoms with Crippen molar-refractivity contribution in [3.63, 3.8) is 0 Å². The molecule has 0 spiro atoms. The van der Waals surface area contributed by atoms with Crippen LogP contribution in [0.1, 0.15) is 43.1 Å². The van der Waals surface area contributed by atoms with E-state index in [0.29, 0.717) is 21.2 Å². The molecule has 0 aliphatic rings. The maximum Gasteiger partial charge on any atom is 0.316 e. The molecule has 0 heterocycles. The van der Waals surface area contributed by atoms with Crippen LogP contribution in [0.25, 0.3) is 0 Å². The molecule has 1 unspecified atom stereocenters. The van der Waals surface area contributed by atoms with Crippen LogP contribution in [0.4, 0.5) is 5.69 Å². The van der Waals surface area contributed by atoms with E-state index in [2.05, 4.69) is 10.0 Å². The van der Waals surface area contributed by atoms with Crippen LogP contribution in [0, 0.1) is 12.3 Å². The standard InChI is InChI=1S/C22H25ClN2O6S/c1-13-11-15(6-8-18(13)31-21(29)22(2,3)4)32(30)25-17-7-5-14(23)12-16(17)20(28)24-10-9-19(26)27/h5-8,11-12,25H,9-10H2,1-4H3,(H,24,28)(H,26,27). The van der Waals surface area contributed by atoms with Crippen molar-refractivity contribution in [1.82, 2.24) is 5.32 Å². The van der Waals surface area contributed by atoms with E-state index >= 15 is 0 Å². The highest BCUT2D eigenvalue weighted by Crippen LogP contribution is 2.26. The molecule has 10 heteroatoms. The van der Waals surface area contributed by atoms with Crippen LogP contribution in [0.3, 0.4) is 0 Å². The second-order valence-electron chi connectivity index (χ2n) is 8.03. The zero-order valence-corrected chi connectivity index (χ0v) is 19.7. The zero-order chi connectivity index (χ0) is 24.1. The van der Waals surface area contributed by atoms with E-state index in [0.717, 1.165) is 0 Å². The number of rotatable bonds is 8. The minimum atomic E-state index is -1.74. The average Bonchev–Trinajstić information content (AvgIpc) is 2.69. The largest absolute Gasteiger partial charge is 0.481 e. The monoisotopic (exact) mass is 480 g/mol. The van der Waals surface area contributed by atoms with E-state index in [1.807, 2.05) is 0 Å². The van der Waals surface area contributed by atoms with Gasteiger partial charge in [0.2, 0.25) is 0 Å². The van der Waals surface area contributed by atoms with Crippen molar-refractivity contribution in [3.05, 3.63) is 52.5 Å². The number of aryl methyl sites for hydroxylation is 1. The lowest BCUT2D eigenvalue weighted by atomic mass is 9.97. The van der Waals surface area contributed by atoms with Crippen LogP contribution in [-0.4, -0.2) is 33.7 Å². The number of hydrogen-bond donors (Lipinski definition) is 3. The Morgan fingerprint density at radius 2 is 1.81 bits per heavy atom. The fraction of sp³-hybridized carbons (Fsp3) is 0.318. The number of amides is 1. The van der Waals surface area contributed by atoms with Crippen LogP contribution in [0.2, 0.25) is 5.02 Å². The Morgan fingerprint density at radius 3 is 2.41 bits per heavy atom. The molecule has 0 saturated carbocycles. The summed E-state index contributed by atoms with van der Waals surface area (Å²) in [5.74, 6) is -1.60. The Bertz CT molecular complexity index is 1060. The predicted molar refractivity (Wildman–Crippen MR) is 122 cm³/mol. The first-order valence-corrected chi connectivity index (χ1v) is 11.2. The van der Waals surface area contributed by atoms with E-state index in [4.69, 9.17) is 21.4 Å². The van der Waals surface area contributed by atoms with Gasteiger partial charge in [-0.2, -0.15) is 0 Å². The van der Waals surface area contributed by atoms with Crippen molar-refractivity contribution in [2.45, 2.75) is 39.0 Å². The van der Waals surface area contributed by atoms with E-state index in [-0.39, 0.29) is 30.2 Å². The molecule has 0 radical (unpaired) electrons. The number of anilines is 1. The Balaban J connectivity index is 2.18. The molecule has 1 amide bonds. The molecule has 1 atom stereocenters. The van der Waals surface area contributed by atoms with Gasteiger partial charge in [0.25, 0.3) is 5.91 Å². The van der Waals surface area contributed by atoms with Crippen molar-refractivity contribution in [2.75, 3.05) is 11.3 Å². The zero-order valence-electron chi connectivity index (χ0n) is 18.2. The summed E-state index contributed by atoms with van der Waals surface area (Å²) in [6.45, 7) is 6.92. The van der Waals surface area contributed by atoms with Crippen LogP contribution in [0.15, 0.2) is 41.3 Å².